The summed E-state index contributed by atoms with van der Waals surface area (Å²) in [6.45, 7) is 2.44. The van der Waals surface area contributed by atoms with E-state index in [4.69, 9.17) is 16.9 Å². The molecule has 0 bridgehead atoms. The van der Waals surface area contributed by atoms with Gasteiger partial charge in [-0.3, -0.25) is 4.79 Å². The fourth-order valence-corrected chi connectivity index (χ4v) is 2.14. The van der Waals surface area contributed by atoms with Crippen LogP contribution in [-0.4, -0.2) is 18.3 Å². The van der Waals surface area contributed by atoms with E-state index in [2.05, 4.69) is 26.6 Å². The Morgan fingerprint density at radius 1 is 1.55 bits per heavy atom. The molecule has 4 nitrogen and oxygen atoms in total. The summed E-state index contributed by atoms with van der Waals surface area (Å²) in [4.78, 5) is 11.7. The molecule has 6 heteroatoms. The highest BCUT2D eigenvalue weighted by atomic mass is 79.9. The smallest absolute Gasteiger partial charge is 0.263 e. The van der Waals surface area contributed by atoms with E-state index in [1.54, 1.807) is 0 Å². The molecule has 0 saturated heterocycles. The van der Waals surface area contributed by atoms with Crippen molar-refractivity contribution in [2.45, 2.75) is 13.3 Å². The SMILES string of the molecule is Cc1ccc(N/C=C(/C#N)C(=O)NCCCCl)c(Br)c1. The fraction of sp³-hybridized carbons (Fsp3) is 0.286. The molecule has 0 saturated carbocycles. The molecule has 1 amide bonds. The van der Waals surface area contributed by atoms with E-state index in [9.17, 15) is 4.79 Å². The van der Waals surface area contributed by atoms with Crippen molar-refractivity contribution in [2.75, 3.05) is 17.7 Å². The lowest BCUT2D eigenvalue weighted by Crippen LogP contribution is -2.26. The number of halogens is 2. The lowest BCUT2D eigenvalue weighted by atomic mass is 10.2. The average molecular weight is 357 g/mol. The summed E-state index contributed by atoms with van der Waals surface area (Å²) in [5.74, 6) is 0.0637. The lowest BCUT2D eigenvalue weighted by Gasteiger charge is -2.06. The van der Waals surface area contributed by atoms with Gasteiger partial charge >= 0.3 is 0 Å². The Kier molecular flexibility index (Phi) is 7.13. The molecule has 0 aliphatic rings. The summed E-state index contributed by atoms with van der Waals surface area (Å²) in [6.07, 6.45) is 2.06. The highest BCUT2D eigenvalue weighted by molar-refractivity contribution is 9.10. The summed E-state index contributed by atoms with van der Waals surface area (Å²) >= 11 is 8.94. The minimum atomic E-state index is -0.409. The molecule has 0 heterocycles. The van der Waals surface area contributed by atoms with Gasteiger partial charge in [0.15, 0.2) is 0 Å². The Bertz CT molecular complexity index is 552. The van der Waals surface area contributed by atoms with Gasteiger partial charge in [-0.2, -0.15) is 5.26 Å². The van der Waals surface area contributed by atoms with E-state index in [-0.39, 0.29) is 5.57 Å². The number of nitrogens with one attached hydrogen (secondary N) is 2. The molecule has 1 aromatic carbocycles. The maximum absolute atomic E-state index is 11.7. The average Bonchev–Trinajstić information content (AvgIpc) is 2.42. The van der Waals surface area contributed by atoms with Crippen molar-refractivity contribution < 1.29 is 4.79 Å². The molecule has 106 valence electrons. The van der Waals surface area contributed by atoms with Crippen molar-refractivity contribution in [3.05, 3.63) is 40.0 Å². The van der Waals surface area contributed by atoms with Crippen molar-refractivity contribution in [1.29, 1.82) is 5.26 Å². The van der Waals surface area contributed by atoms with Gasteiger partial charge in [-0.05, 0) is 47.0 Å². The van der Waals surface area contributed by atoms with Gasteiger partial charge in [0, 0.05) is 23.1 Å². The zero-order valence-electron chi connectivity index (χ0n) is 11.0. The molecule has 20 heavy (non-hydrogen) atoms. The van der Waals surface area contributed by atoms with Crippen LogP contribution < -0.4 is 10.6 Å². The van der Waals surface area contributed by atoms with Crippen molar-refractivity contribution >= 4 is 39.1 Å². The quantitative estimate of drug-likeness (QED) is 0.356. The van der Waals surface area contributed by atoms with Gasteiger partial charge in [0.2, 0.25) is 0 Å². The highest BCUT2D eigenvalue weighted by Crippen LogP contribution is 2.23. The number of benzene rings is 1. The van der Waals surface area contributed by atoms with E-state index in [1.807, 2.05) is 31.2 Å². The van der Waals surface area contributed by atoms with Crippen LogP contribution >= 0.6 is 27.5 Å². The van der Waals surface area contributed by atoms with Crippen molar-refractivity contribution in [2.24, 2.45) is 0 Å². The van der Waals surface area contributed by atoms with Crippen LogP contribution in [0.4, 0.5) is 5.69 Å². The lowest BCUT2D eigenvalue weighted by molar-refractivity contribution is -0.117. The molecule has 0 fully saturated rings. The van der Waals surface area contributed by atoms with E-state index in [0.717, 1.165) is 15.7 Å². The van der Waals surface area contributed by atoms with E-state index < -0.39 is 5.91 Å². The first-order valence-electron chi connectivity index (χ1n) is 6.05. The second kappa shape index (κ2) is 8.62. The second-order valence-corrected chi connectivity index (χ2v) is 5.33. The Morgan fingerprint density at radius 3 is 2.90 bits per heavy atom. The van der Waals surface area contributed by atoms with Gasteiger partial charge in [-0.1, -0.05) is 6.07 Å². The monoisotopic (exact) mass is 355 g/mol. The molecule has 1 aromatic rings. The van der Waals surface area contributed by atoms with Gasteiger partial charge in [0.25, 0.3) is 5.91 Å². The number of amides is 1. The number of carbonyl (C=O) groups is 1. The van der Waals surface area contributed by atoms with Crippen molar-refractivity contribution in [1.82, 2.24) is 5.32 Å². The molecule has 2 N–H and O–H groups in total. The standard InChI is InChI=1S/C14H15BrClN3O/c1-10-3-4-13(12(15)7-10)19-9-11(8-17)14(20)18-6-2-5-16/h3-4,7,9,19H,2,5-6H2,1H3,(H,18,20)/b11-9-. The third-order valence-electron chi connectivity index (χ3n) is 2.46. The summed E-state index contributed by atoms with van der Waals surface area (Å²) in [5.41, 5.74) is 1.93. The van der Waals surface area contributed by atoms with Gasteiger partial charge in [0.05, 0.1) is 5.69 Å². The van der Waals surface area contributed by atoms with Crippen LogP contribution in [0, 0.1) is 18.3 Å². The van der Waals surface area contributed by atoms with Crippen LogP contribution in [0.3, 0.4) is 0 Å². The molecular formula is C14H15BrClN3O. The first kappa shape index (κ1) is 16.5. The third kappa shape index (κ3) is 5.24. The molecule has 0 radical (unpaired) electrons. The third-order valence-corrected chi connectivity index (χ3v) is 3.38. The van der Waals surface area contributed by atoms with Crippen molar-refractivity contribution in [3.8, 4) is 6.07 Å². The summed E-state index contributed by atoms with van der Waals surface area (Å²) in [7, 11) is 0. The van der Waals surface area contributed by atoms with Gasteiger partial charge < -0.3 is 10.6 Å². The number of aryl methyl sites for hydroxylation is 1. The molecule has 0 aromatic heterocycles. The van der Waals surface area contributed by atoms with Crippen LogP contribution in [0.15, 0.2) is 34.4 Å². The fourth-order valence-electron chi connectivity index (χ4n) is 1.40. The van der Waals surface area contributed by atoms with Crippen LogP contribution in [-0.2, 0) is 4.79 Å². The number of hydrogen-bond acceptors (Lipinski definition) is 3. The number of alkyl halides is 1. The Morgan fingerprint density at radius 2 is 2.30 bits per heavy atom. The Balaban J connectivity index is 2.70. The molecule has 0 unspecified atom stereocenters. The summed E-state index contributed by atoms with van der Waals surface area (Å²) < 4.78 is 0.869. The van der Waals surface area contributed by atoms with E-state index in [1.165, 1.54) is 6.20 Å². The van der Waals surface area contributed by atoms with E-state index >= 15 is 0 Å². The molecule has 0 aliphatic heterocycles. The number of nitrogens with zero attached hydrogens (tertiary/aromatic N) is 1. The number of carbonyl (C=O) groups excluding carboxylic acids is 1. The minimum absolute atomic E-state index is 0.0204. The molecule has 0 spiro atoms. The summed E-state index contributed by atoms with van der Waals surface area (Å²) in [5, 5.41) is 14.6. The van der Waals surface area contributed by atoms with Crippen LogP contribution in [0.2, 0.25) is 0 Å². The normalized spacial score (nSPS) is 10.8. The molecule has 1 rings (SSSR count). The topological polar surface area (TPSA) is 64.9 Å². The number of hydrogen-bond donors (Lipinski definition) is 2. The first-order valence-corrected chi connectivity index (χ1v) is 7.38. The van der Waals surface area contributed by atoms with Crippen LogP contribution in [0.25, 0.3) is 0 Å². The largest absolute Gasteiger partial charge is 0.359 e. The van der Waals surface area contributed by atoms with E-state index in [0.29, 0.717) is 18.8 Å². The second-order valence-electron chi connectivity index (χ2n) is 4.10. The zero-order chi connectivity index (χ0) is 15.0. The van der Waals surface area contributed by atoms with Gasteiger partial charge in [-0.25, -0.2) is 0 Å². The highest BCUT2D eigenvalue weighted by Gasteiger charge is 2.08. The Labute approximate surface area is 131 Å². The van der Waals surface area contributed by atoms with Gasteiger partial charge in [0.1, 0.15) is 11.6 Å². The van der Waals surface area contributed by atoms with Gasteiger partial charge in [-0.15, -0.1) is 11.6 Å². The number of rotatable bonds is 6. The summed E-state index contributed by atoms with van der Waals surface area (Å²) in [6, 6.07) is 7.62. The maximum atomic E-state index is 11.7. The number of nitriles is 1. The maximum Gasteiger partial charge on any atom is 0.263 e. The first-order chi connectivity index (χ1) is 9.58. The predicted octanol–water partition coefficient (Wildman–Crippen LogP) is 3.32. The van der Waals surface area contributed by atoms with Crippen LogP contribution in [0.1, 0.15) is 12.0 Å². The molecular weight excluding hydrogens is 342 g/mol. The minimum Gasteiger partial charge on any atom is -0.359 e. The van der Waals surface area contributed by atoms with Crippen LogP contribution in [0.5, 0.6) is 0 Å². The Hall–Kier alpha value is -1.51. The number of anilines is 1. The molecule has 0 atom stereocenters. The van der Waals surface area contributed by atoms with Crippen molar-refractivity contribution in [3.63, 3.8) is 0 Å². The zero-order valence-corrected chi connectivity index (χ0v) is 13.4. The predicted molar refractivity (Wildman–Crippen MR) is 84.5 cm³/mol. The molecule has 0 aliphatic carbocycles.